The number of benzene rings is 1. The normalized spacial score (nSPS) is 21.8. The summed E-state index contributed by atoms with van der Waals surface area (Å²) >= 11 is 0. The molecule has 0 spiro atoms. The van der Waals surface area contributed by atoms with E-state index in [-0.39, 0.29) is 0 Å². The first-order chi connectivity index (χ1) is 6.40. The summed E-state index contributed by atoms with van der Waals surface area (Å²) in [5.74, 6) is 1.64. The Bertz CT molecular complexity index is 279. The quantitative estimate of drug-likeness (QED) is 0.743. The van der Waals surface area contributed by atoms with Crippen LogP contribution in [0.15, 0.2) is 24.3 Å². The average Bonchev–Trinajstić information content (AvgIpc) is 2.71. The van der Waals surface area contributed by atoms with Crippen LogP contribution in [0.1, 0.15) is 17.9 Å². The Kier molecular flexibility index (Phi) is 2.50. The molecule has 2 heteroatoms. The molecule has 0 aliphatic carbocycles. The molecule has 1 atom stereocenters. The van der Waals surface area contributed by atoms with E-state index in [0.29, 0.717) is 5.92 Å². The van der Waals surface area contributed by atoms with Gasteiger partial charge in [-0.05, 0) is 36.6 Å². The number of hydrogen-bond acceptors (Lipinski definition) is 2. The van der Waals surface area contributed by atoms with Crippen molar-refractivity contribution in [2.24, 2.45) is 0 Å². The zero-order valence-electron chi connectivity index (χ0n) is 7.92. The highest BCUT2D eigenvalue weighted by molar-refractivity contribution is 5.31. The standard InChI is InChI=1S/C11H15NO/c1-13-11-4-2-3-9(7-11)10-5-6-12-8-10/h2-4,7,10,12H,5-6,8H2,1H3. The Morgan fingerprint density at radius 1 is 1.46 bits per heavy atom. The van der Waals surface area contributed by atoms with Gasteiger partial charge in [0.2, 0.25) is 0 Å². The molecule has 1 unspecified atom stereocenters. The fourth-order valence-corrected chi connectivity index (χ4v) is 1.83. The highest BCUT2D eigenvalue weighted by Crippen LogP contribution is 2.25. The zero-order chi connectivity index (χ0) is 9.10. The summed E-state index contributed by atoms with van der Waals surface area (Å²) < 4.78 is 5.19. The molecule has 0 radical (unpaired) electrons. The molecule has 1 aromatic rings. The number of hydrogen-bond donors (Lipinski definition) is 1. The Morgan fingerprint density at radius 3 is 3.08 bits per heavy atom. The molecule has 0 aromatic heterocycles. The molecule has 1 heterocycles. The lowest BCUT2D eigenvalue weighted by Gasteiger charge is -2.09. The Labute approximate surface area is 78.9 Å². The van der Waals surface area contributed by atoms with Crippen LogP contribution in [0.5, 0.6) is 5.75 Å². The summed E-state index contributed by atoms with van der Waals surface area (Å²) in [6, 6.07) is 8.37. The lowest BCUT2D eigenvalue weighted by molar-refractivity contribution is 0.414. The van der Waals surface area contributed by atoms with E-state index in [9.17, 15) is 0 Å². The van der Waals surface area contributed by atoms with Crippen molar-refractivity contribution in [2.45, 2.75) is 12.3 Å². The van der Waals surface area contributed by atoms with Crippen molar-refractivity contribution >= 4 is 0 Å². The first-order valence-corrected chi connectivity index (χ1v) is 4.75. The highest BCUT2D eigenvalue weighted by atomic mass is 16.5. The Hall–Kier alpha value is -1.02. The van der Waals surface area contributed by atoms with Crippen molar-refractivity contribution in [3.63, 3.8) is 0 Å². The van der Waals surface area contributed by atoms with E-state index in [4.69, 9.17) is 4.74 Å². The molecule has 70 valence electrons. The largest absolute Gasteiger partial charge is 0.497 e. The molecule has 2 nitrogen and oxygen atoms in total. The molecule has 1 aliphatic heterocycles. The lowest BCUT2D eigenvalue weighted by atomic mass is 9.98. The molecule has 0 amide bonds. The summed E-state index contributed by atoms with van der Waals surface area (Å²) in [5.41, 5.74) is 1.39. The van der Waals surface area contributed by atoms with Crippen molar-refractivity contribution in [1.29, 1.82) is 0 Å². The second-order valence-electron chi connectivity index (χ2n) is 3.47. The van der Waals surface area contributed by atoms with Crippen molar-refractivity contribution in [1.82, 2.24) is 5.32 Å². The highest BCUT2D eigenvalue weighted by Gasteiger charge is 2.16. The van der Waals surface area contributed by atoms with Gasteiger partial charge in [-0.3, -0.25) is 0 Å². The first kappa shape index (κ1) is 8.57. The van der Waals surface area contributed by atoms with Gasteiger partial charge in [0.1, 0.15) is 5.75 Å². The summed E-state index contributed by atoms with van der Waals surface area (Å²) in [4.78, 5) is 0. The smallest absolute Gasteiger partial charge is 0.119 e. The van der Waals surface area contributed by atoms with Crippen LogP contribution in [-0.4, -0.2) is 20.2 Å². The average molecular weight is 177 g/mol. The number of methoxy groups -OCH3 is 1. The van der Waals surface area contributed by atoms with Crippen molar-refractivity contribution in [3.8, 4) is 5.75 Å². The maximum Gasteiger partial charge on any atom is 0.119 e. The molecule has 1 saturated heterocycles. The summed E-state index contributed by atoms with van der Waals surface area (Å²) in [6.45, 7) is 2.25. The van der Waals surface area contributed by atoms with E-state index < -0.39 is 0 Å². The first-order valence-electron chi connectivity index (χ1n) is 4.75. The Morgan fingerprint density at radius 2 is 2.38 bits per heavy atom. The lowest BCUT2D eigenvalue weighted by Crippen LogP contribution is -2.07. The molecule has 1 fully saturated rings. The predicted octanol–water partition coefficient (Wildman–Crippen LogP) is 1.77. The third kappa shape index (κ3) is 1.83. The molecule has 1 aromatic carbocycles. The molecule has 0 saturated carbocycles. The van der Waals surface area contributed by atoms with Gasteiger partial charge in [0, 0.05) is 6.54 Å². The fourth-order valence-electron chi connectivity index (χ4n) is 1.83. The minimum Gasteiger partial charge on any atom is -0.497 e. The molecular formula is C11H15NO. The predicted molar refractivity (Wildman–Crippen MR) is 53.2 cm³/mol. The third-order valence-corrected chi connectivity index (χ3v) is 2.63. The fraction of sp³-hybridized carbons (Fsp3) is 0.455. The summed E-state index contributed by atoms with van der Waals surface area (Å²) in [7, 11) is 1.71. The molecule has 0 bridgehead atoms. The van der Waals surface area contributed by atoms with Gasteiger partial charge in [-0.1, -0.05) is 12.1 Å². The van der Waals surface area contributed by atoms with Crippen molar-refractivity contribution in [3.05, 3.63) is 29.8 Å². The van der Waals surface area contributed by atoms with Crippen LogP contribution >= 0.6 is 0 Å². The van der Waals surface area contributed by atoms with E-state index in [0.717, 1.165) is 18.8 Å². The van der Waals surface area contributed by atoms with Crippen LogP contribution in [0.3, 0.4) is 0 Å². The SMILES string of the molecule is COc1cccc(C2CCNC2)c1. The van der Waals surface area contributed by atoms with E-state index in [1.54, 1.807) is 7.11 Å². The van der Waals surface area contributed by atoms with Gasteiger partial charge < -0.3 is 10.1 Å². The number of ether oxygens (including phenoxy) is 1. The number of nitrogens with one attached hydrogen (secondary N) is 1. The summed E-state index contributed by atoms with van der Waals surface area (Å²) in [5, 5.41) is 3.37. The van der Waals surface area contributed by atoms with Gasteiger partial charge in [-0.2, -0.15) is 0 Å². The van der Waals surface area contributed by atoms with Crippen LogP contribution in [0.2, 0.25) is 0 Å². The van der Waals surface area contributed by atoms with E-state index in [1.807, 2.05) is 6.07 Å². The van der Waals surface area contributed by atoms with Gasteiger partial charge in [0.15, 0.2) is 0 Å². The summed E-state index contributed by atoms with van der Waals surface area (Å²) in [6.07, 6.45) is 1.24. The third-order valence-electron chi connectivity index (χ3n) is 2.63. The number of rotatable bonds is 2. The second-order valence-corrected chi connectivity index (χ2v) is 3.47. The van der Waals surface area contributed by atoms with E-state index in [1.165, 1.54) is 12.0 Å². The molecule has 1 aliphatic rings. The van der Waals surface area contributed by atoms with Gasteiger partial charge in [0.25, 0.3) is 0 Å². The van der Waals surface area contributed by atoms with Crippen LogP contribution in [0.25, 0.3) is 0 Å². The van der Waals surface area contributed by atoms with Gasteiger partial charge >= 0.3 is 0 Å². The molecular weight excluding hydrogens is 162 g/mol. The Balaban J connectivity index is 2.18. The van der Waals surface area contributed by atoms with Crippen molar-refractivity contribution in [2.75, 3.05) is 20.2 Å². The van der Waals surface area contributed by atoms with Crippen molar-refractivity contribution < 1.29 is 4.74 Å². The molecule has 13 heavy (non-hydrogen) atoms. The van der Waals surface area contributed by atoms with E-state index >= 15 is 0 Å². The topological polar surface area (TPSA) is 21.3 Å². The minimum absolute atomic E-state index is 0.676. The minimum atomic E-state index is 0.676. The maximum absolute atomic E-state index is 5.19. The molecule has 2 rings (SSSR count). The van der Waals surface area contributed by atoms with Crippen LogP contribution in [-0.2, 0) is 0 Å². The van der Waals surface area contributed by atoms with Crippen LogP contribution in [0, 0.1) is 0 Å². The van der Waals surface area contributed by atoms with Gasteiger partial charge in [0.05, 0.1) is 7.11 Å². The van der Waals surface area contributed by atoms with E-state index in [2.05, 4.69) is 23.5 Å². The maximum atomic E-state index is 5.19. The van der Waals surface area contributed by atoms with Gasteiger partial charge in [-0.25, -0.2) is 0 Å². The zero-order valence-corrected chi connectivity index (χ0v) is 7.92. The van der Waals surface area contributed by atoms with Gasteiger partial charge in [-0.15, -0.1) is 0 Å². The molecule has 1 N–H and O–H groups in total. The second kappa shape index (κ2) is 3.79. The monoisotopic (exact) mass is 177 g/mol. The van der Waals surface area contributed by atoms with Crippen LogP contribution < -0.4 is 10.1 Å². The van der Waals surface area contributed by atoms with Crippen LogP contribution in [0.4, 0.5) is 0 Å².